The molecule has 1 fully saturated rings. The molecular weight excluding hydrogens is 196 g/mol. The lowest BCUT2D eigenvalue weighted by molar-refractivity contribution is -0.152. The molecule has 84 valence electrons. The molecule has 3 atom stereocenters. The van der Waals surface area contributed by atoms with Gasteiger partial charge >= 0.3 is 5.97 Å². The summed E-state index contributed by atoms with van der Waals surface area (Å²) in [6.45, 7) is 1.76. The molecule has 1 aliphatic heterocycles. The molecule has 0 aromatic heterocycles. The maximum atomic E-state index is 11.3. The molecule has 4 heteroatoms. The van der Waals surface area contributed by atoms with Crippen molar-refractivity contribution >= 4 is 5.97 Å². The molecule has 1 N–H and O–H groups in total. The predicted molar refractivity (Wildman–Crippen MR) is 54.0 cm³/mol. The molecule has 0 radical (unpaired) electrons. The quantitative estimate of drug-likeness (QED) is 0.544. The lowest BCUT2D eigenvalue weighted by Crippen LogP contribution is -2.30. The van der Waals surface area contributed by atoms with Gasteiger partial charge in [-0.25, -0.2) is 0 Å². The largest absolute Gasteiger partial charge is 0.459 e. The molecule has 0 saturated carbocycles. The number of rotatable bonds is 4. The number of ether oxygens (including phenoxy) is 2. The van der Waals surface area contributed by atoms with Gasteiger partial charge in [0.15, 0.2) is 0 Å². The minimum Gasteiger partial charge on any atom is -0.459 e. The third kappa shape index (κ3) is 3.54. The van der Waals surface area contributed by atoms with Crippen molar-refractivity contribution in [3.05, 3.63) is 0 Å². The van der Waals surface area contributed by atoms with E-state index in [0.29, 0.717) is 12.8 Å². The molecule has 1 unspecified atom stereocenters. The molecule has 0 aromatic carbocycles. The Morgan fingerprint density at radius 2 is 2.47 bits per heavy atom. The molecule has 0 aromatic rings. The van der Waals surface area contributed by atoms with Gasteiger partial charge in [0.1, 0.15) is 12.2 Å². The second kappa shape index (κ2) is 5.74. The second-order valence-corrected chi connectivity index (χ2v) is 3.64. The van der Waals surface area contributed by atoms with E-state index in [1.54, 1.807) is 0 Å². The Hall–Kier alpha value is -1.05. The lowest BCUT2D eigenvalue weighted by atomic mass is 10.1. The second-order valence-electron chi connectivity index (χ2n) is 3.64. The van der Waals surface area contributed by atoms with Gasteiger partial charge in [-0.15, -0.1) is 12.3 Å². The normalized spacial score (nSPS) is 29.8. The number of esters is 1. The van der Waals surface area contributed by atoms with Crippen LogP contribution in [0.25, 0.3) is 0 Å². The van der Waals surface area contributed by atoms with Gasteiger partial charge in [-0.2, -0.15) is 0 Å². The summed E-state index contributed by atoms with van der Waals surface area (Å²) in [7, 11) is 0. The molecule has 1 aliphatic rings. The third-order valence-corrected chi connectivity index (χ3v) is 2.32. The Labute approximate surface area is 89.6 Å². The van der Waals surface area contributed by atoms with Crippen LogP contribution in [0.5, 0.6) is 0 Å². The first-order valence-electron chi connectivity index (χ1n) is 5.06. The van der Waals surface area contributed by atoms with Crippen LogP contribution in [0.15, 0.2) is 0 Å². The summed E-state index contributed by atoms with van der Waals surface area (Å²) >= 11 is 0. The van der Waals surface area contributed by atoms with Crippen LogP contribution in [-0.4, -0.2) is 36.0 Å². The Morgan fingerprint density at radius 3 is 3.07 bits per heavy atom. The van der Waals surface area contributed by atoms with Crippen LogP contribution in [0, 0.1) is 12.3 Å². The first-order valence-corrected chi connectivity index (χ1v) is 5.06. The van der Waals surface area contributed by atoms with E-state index in [2.05, 4.69) is 5.92 Å². The van der Waals surface area contributed by atoms with Gasteiger partial charge in [0.2, 0.25) is 0 Å². The van der Waals surface area contributed by atoms with Crippen molar-refractivity contribution in [2.75, 3.05) is 6.61 Å². The molecule has 1 rings (SSSR count). The minimum atomic E-state index is -0.394. The fraction of sp³-hybridized carbons (Fsp3) is 0.727. The van der Waals surface area contributed by atoms with Crippen LogP contribution in [0.1, 0.15) is 26.2 Å². The maximum absolute atomic E-state index is 11.3. The highest BCUT2D eigenvalue weighted by molar-refractivity contribution is 5.69. The Kier molecular flexibility index (Phi) is 4.60. The van der Waals surface area contributed by atoms with Crippen molar-refractivity contribution < 1.29 is 19.4 Å². The molecule has 0 spiro atoms. The SMILES string of the molecule is C#CCCC(=O)OC1C[C@H](C)O[C@@H]1CO. The highest BCUT2D eigenvalue weighted by Gasteiger charge is 2.35. The summed E-state index contributed by atoms with van der Waals surface area (Å²) in [5.41, 5.74) is 0. The molecule has 4 nitrogen and oxygen atoms in total. The van der Waals surface area contributed by atoms with Gasteiger partial charge in [0.05, 0.1) is 19.1 Å². The van der Waals surface area contributed by atoms with Gasteiger partial charge < -0.3 is 14.6 Å². The van der Waals surface area contributed by atoms with Crippen molar-refractivity contribution in [2.24, 2.45) is 0 Å². The van der Waals surface area contributed by atoms with E-state index in [4.69, 9.17) is 21.0 Å². The van der Waals surface area contributed by atoms with Crippen LogP contribution in [0.4, 0.5) is 0 Å². The number of carbonyl (C=O) groups is 1. The number of aliphatic hydroxyl groups is 1. The van der Waals surface area contributed by atoms with Crippen LogP contribution < -0.4 is 0 Å². The van der Waals surface area contributed by atoms with Crippen molar-refractivity contribution in [3.8, 4) is 12.3 Å². The molecule has 0 bridgehead atoms. The zero-order valence-corrected chi connectivity index (χ0v) is 8.81. The maximum Gasteiger partial charge on any atom is 0.307 e. The highest BCUT2D eigenvalue weighted by atomic mass is 16.6. The third-order valence-electron chi connectivity index (χ3n) is 2.32. The van der Waals surface area contributed by atoms with Gasteiger partial charge in [0, 0.05) is 12.8 Å². The first-order chi connectivity index (χ1) is 7.17. The van der Waals surface area contributed by atoms with E-state index in [-0.39, 0.29) is 31.2 Å². The van der Waals surface area contributed by atoms with Crippen LogP contribution in [0.2, 0.25) is 0 Å². The highest BCUT2D eigenvalue weighted by Crippen LogP contribution is 2.23. The number of hydrogen-bond donors (Lipinski definition) is 1. The van der Waals surface area contributed by atoms with E-state index in [9.17, 15) is 4.79 Å². The van der Waals surface area contributed by atoms with E-state index < -0.39 is 6.10 Å². The monoisotopic (exact) mass is 212 g/mol. The standard InChI is InChI=1S/C11H16O4/c1-3-4-5-11(13)15-9-6-8(2)14-10(9)7-12/h1,8-10,12H,4-7H2,2H3/t8-,9?,10+/m0/s1. The van der Waals surface area contributed by atoms with Crippen LogP contribution in [-0.2, 0) is 14.3 Å². The number of hydrogen-bond acceptors (Lipinski definition) is 4. The Balaban J connectivity index is 2.37. The zero-order chi connectivity index (χ0) is 11.3. The lowest BCUT2D eigenvalue weighted by Gasteiger charge is -2.16. The minimum absolute atomic E-state index is 0.0209. The van der Waals surface area contributed by atoms with Crippen molar-refractivity contribution in [1.82, 2.24) is 0 Å². The van der Waals surface area contributed by atoms with Gasteiger partial charge in [-0.05, 0) is 6.92 Å². The van der Waals surface area contributed by atoms with Crippen molar-refractivity contribution in [1.29, 1.82) is 0 Å². The van der Waals surface area contributed by atoms with Crippen LogP contribution in [0.3, 0.4) is 0 Å². The average Bonchev–Trinajstić information content (AvgIpc) is 2.55. The fourth-order valence-corrected chi connectivity index (χ4v) is 1.61. The summed E-state index contributed by atoms with van der Waals surface area (Å²) in [6.07, 6.45) is 5.56. The summed E-state index contributed by atoms with van der Waals surface area (Å²) in [5.74, 6) is 2.05. The van der Waals surface area contributed by atoms with Gasteiger partial charge in [-0.1, -0.05) is 0 Å². The Bertz CT molecular complexity index is 256. The van der Waals surface area contributed by atoms with E-state index in [1.165, 1.54) is 0 Å². The number of carbonyl (C=O) groups excluding carboxylic acids is 1. The smallest absolute Gasteiger partial charge is 0.307 e. The van der Waals surface area contributed by atoms with Gasteiger partial charge in [0.25, 0.3) is 0 Å². The summed E-state index contributed by atoms with van der Waals surface area (Å²) < 4.78 is 10.5. The summed E-state index contributed by atoms with van der Waals surface area (Å²) in [6, 6.07) is 0. The van der Waals surface area contributed by atoms with Crippen molar-refractivity contribution in [3.63, 3.8) is 0 Å². The van der Waals surface area contributed by atoms with Crippen molar-refractivity contribution in [2.45, 2.75) is 44.5 Å². The van der Waals surface area contributed by atoms with E-state index in [1.807, 2.05) is 6.92 Å². The molecule has 0 aliphatic carbocycles. The number of terminal acetylenes is 1. The molecule has 0 amide bonds. The average molecular weight is 212 g/mol. The number of aliphatic hydroxyl groups excluding tert-OH is 1. The molecule has 1 saturated heterocycles. The van der Waals surface area contributed by atoms with E-state index in [0.717, 1.165) is 0 Å². The summed E-state index contributed by atoms with van der Waals surface area (Å²) in [4.78, 5) is 11.3. The van der Waals surface area contributed by atoms with Gasteiger partial charge in [-0.3, -0.25) is 4.79 Å². The molecule has 15 heavy (non-hydrogen) atoms. The first kappa shape index (κ1) is 12.0. The van der Waals surface area contributed by atoms with E-state index >= 15 is 0 Å². The van der Waals surface area contributed by atoms with Crippen LogP contribution >= 0.6 is 0 Å². The summed E-state index contributed by atoms with van der Waals surface area (Å²) in [5, 5.41) is 8.99. The fourth-order valence-electron chi connectivity index (χ4n) is 1.61. The zero-order valence-electron chi connectivity index (χ0n) is 8.81. The predicted octanol–water partition coefficient (Wildman–Crippen LogP) is 0.481. The molecule has 1 heterocycles. The molecular formula is C11H16O4. The Morgan fingerprint density at radius 1 is 1.73 bits per heavy atom. The topological polar surface area (TPSA) is 55.8 Å².